The van der Waals surface area contributed by atoms with E-state index in [4.69, 9.17) is 9.83 Å². The molecule has 0 atom stereocenters. The van der Waals surface area contributed by atoms with Crippen molar-refractivity contribution in [3.8, 4) is 0 Å². The van der Waals surface area contributed by atoms with Crippen LogP contribution in [0.4, 0.5) is 5.88 Å². The second kappa shape index (κ2) is 3.85. The standard InChI is InChI=1S/C9H12N2O/c1-7(2)6-11-9-8(5-10)3-4-12-9/h3-7,10H,1-2H3/b10-5?,11-6-. The molecule has 0 unspecified atom stereocenters. The van der Waals surface area contributed by atoms with Gasteiger partial charge in [-0.2, -0.15) is 0 Å². The molecule has 0 radical (unpaired) electrons. The van der Waals surface area contributed by atoms with E-state index in [9.17, 15) is 0 Å². The summed E-state index contributed by atoms with van der Waals surface area (Å²) in [6.07, 6.45) is 4.57. The summed E-state index contributed by atoms with van der Waals surface area (Å²) in [5.74, 6) is 0.910. The van der Waals surface area contributed by atoms with Crippen molar-refractivity contribution in [2.75, 3.05) is 0 Å². The molecule has 1 rings (SSSR count). The van der Waals surface area contributed by atoms with Gasteiger partial charge in [-0.1, -0.05) is 13.8 Å². The van der Waals surface area contributed by atoms with E-state index >= 15 is 0 Å². The lowest BCUT2D eigenvalue weighted by molar-refractivity contribution is 0.577. The van der Waals surface area contributed by atoms with E-state index in [0.717, 1.165) is 0 Å². The van der Waals surface area contributed by atoms with E-state index in [-0.39, 0.29) is 0 Å². The highest BCUT2D eigenvalue weighted by atomic mass is 16.3. The molecule has 0 bridgehead atoms. The third kappa shape index (κ3) is 2.05. The number of aliphatic imine (C=N–C) groups is 1. The molecule has 1 N–H and O–H groups in total. The van der Waals surface area contributed by atoms with Crippen molar-refractivity contribution in [2.45, 2.75) is 13.8 Å². The van der Waals surface area contributed by atoms with Gasteiger partial charge >= 0.3 is 0 Å². The van der Waals surface area contributed by atoms with Gasteiger partial charge in [0, 0.05) is 12.4 Å². The minimum Gasteiger partial charge on any atom is -0.446 e. The van der Waals surface area contributed by atoms with Crippen LogP contribution in [0.25, 0.3) is 0 Å². The Morgan fingerprint density at radius 2 is 2.33 bits per heavy atom. The molecular formula is C9H12N2O. The normalized spacial score (nSPS) is 11.2. The van der Waals surface area contributed by atoms with Crippen LogP contribution < -0.4 is 0 Å². The van der Waals surface area contributed by atoms with Crippen molar-refractivity contribution in [2.24, 2.45) is 10.9 Å². The molecule has 0 saturated heterocycles. The van der Waals surface area contributed by atoms with Crippen LogP contribution in [0.2, 0.25) is 0 Å². The van der Waals surface area contributed by atoms with Crippen LogP contribution in [0.1, 0.15) is 19.4 Å². The number of rotatable bonds is 3. The molecule has 3 nitrogen and oxygen atoms in total. The van der Waals surface area contributed by atoms with Gasteiger partial charge in [0.1, 0.15) is 0 Å². The molecule has 0 aliphatic carbocycles. The number of furan rings is 1. The summed E-state index contributed by atoms with van der Waals surface area (Å²) in [6.45, 7) is 4.08. The van der Waals surface area contributed by atoms with E-state index in [0.29, 0.717) is 17.4 Å². The van der Waals surface area contributed by atoms with Crippen LogP contribution in [-0.2, 0) is 0 Å². The molecular weight excluding hydrogens is 152 g/mol. The number of hydrogen-bond acceptors (Lipinski definition) is 3. The van der Waals surface area contributed by atoms with Crippen LogP contribution in [0, 0.1) is 11.3 Å². The topological polar surface area (TPSA) is 49.4 Å². The van der Waals surface area contributed by atoms with E-state index in [1.807, 2.05) is 13.8 Å². The molecule has 1 heterocycles. The molecule has 0 aliphatic heterocycles. The molecule has 0 aliphatic rings. The SMILES string of the molecule is CC(C)/C=N\c1occc1C=N. The average Bonchev–Trinajstić information content (AvgIpc) is 2.47. The number of hydrogen-bond donors (Lipinski definition) is 1. The number of nitrogens with one attached hydrogen (secondary N) is 1. The van der Waals surface area contributed by atoms with Crippen molar-refractivity contribution >= 4 is 18.3 Å². The van der Waals surface area contributed by atoms with E-state index < -0.39 is 0 Å². The lowest BCUT2D eigenvalue weighted by Gasteiger charge is -1.92. The summed E-state index contributed by atoms with van der Waals surface area (Å²) < 4.78 is 5.06. The van der Waals surface area contributed by atoms with Gasteiger partial charge in [0.05, 0.1) is 11.8 Å². The van der Waals surface area contributed by atoms with Gasteiger partial charge in [-0.15, -0.1) is 0 Å². The van der Waals surface area contributed by atoms with Crippen LogP contribution in [0.15, 0.2) is 21.7 Å². The second-order valence-corrected chi connectivity index (χ2v) is 2.85. The molecule has 0 fully saturated rings. The Labute approximate surface area is 71.6 Å². The smallest absolute Gasteiger partial charge is 0.227 e. The molecule has 3 heteroatoms. The third-order valence-corrected chi connectivity index (χ3v) is 1.32. The van der Waals surface area contributed by atoms with Crippen LogP contribution >= 0.6 is 0 Å². The first-order valence-corrected chi connectivity index (χ1v) is 3.86. The average molecular weight is 164 g/mol. The maximum Gasteiger partial charge on any atom is 0.227 e. The summed E-state index contributed by atoms with van der Waals surface area (Å²) in [5.41, 5.74) is 0.715. The second-order valence-electron chi connectivity index (χ2n) is 2.85. The molecule has 0 amide bonds. The Kier molecular flexibility index (Phi) is 2.80. The Hall–Kier alpha value is -1.38. The van der Waals surface area contributed by atoms with Gasteiger partial charge in [0.2, 0.25) is 5.88 Å². The molecule has 1 aromatic rings. The highest BCUT2D eigenvalue weighted by Crippen LogP contribution is 2.17. The Morgan fingerprint density at radius 1 is 1.58 bits per heavy atom. The van der Waals surface area contributed by atoms with Crippen LogP contribution in [-0.4, -0.2) is 12.4 Å². The van der Waals surface area contributed by atoms with Gasteiger partial charge in [-0.3, -0.25) is 0 Å². The predicted molar refractivity (Wildman–Crippen MR) is 49.6 cm³/mol. The van der Waals surface area contributed by atoms with Gasteiger partial charge in [0.15, 0.2) is 0 Å². The first-order valence-electron chi connectivity index (χ1n) is 3.86. The van der Waals surface area contributed by atoms with Crippen LogP contribution in [0.5, 0.6) is 0 Å². The molecule has 12 heavy (non-hydrogen) atoms. The molecule has 0 aromatic carbocycles. The fraction of sp³-hybridized carbons (Fsp3) is 0.333. The van der Waals surface area contributed by atoms with Crippen molar-refractivity contribution in [3.05, 3.63) is 17.9 Å². The Balaban J connectivity index is 2.81. The van der Waals surface area contributed by atoms with Gasteiger partial charge in [-0.05, 0) is 12.0 Å². The van der Waals surface area contributed by atoms with Crippen molar-refractivity contribution in [1.82, 2.24) is 0 Å². The summed E-state index contributed by atoms with van der Waals surface area (Å²) in [6, 6.07) is 1.72. The Bertz CT molecular complexity index is 286. The monoisotopic (exact) mass is 164 g/mol. The molecule has 0 spiro atoms. The molecule has 1 aromatic heterocycles. The summed E-state index contributed by atoms with van der Waals surface area (Å²) in [5, 5.41) is 7.03. The predicted octanol–water partition coefficient (Wildman–Crippen LogP) is 2.64. The fourth-order valence-electron chi connectivity index (χ4n) is 0.743. The van der Waals surface area contributed by atoms with Gasteiger partial charge < -0.3 is 9.83 Å². The summed E-state index contributed by atoms with van der Waals surface area (Å²) >= 11 is 0. The third-order valence-electron chi connectivity index (χ3n) is 1.32. The molecule has 0 saturated carbocycles. The van der Waals surface area contributed by atoms with Crippen LogP contribution in [0.3, 0.4) is 0 Å². The maximum absolute atomic E-state index is 7.03. The Morgan fingerprint density at radius 3 is 2.92 bits per heavy atom. The van der Waals surface area contributed by atoms with Crippen molar-refractivity contribution < 1.29 is 4.42 Å². The highest BCUT2D eigenvalue weighted by molar-refractivity contribution is 5.83. The van der Waals surface area contributed by atoms with E-state index in [2.05, 4.69) is 4.99 Å². The lowest BCUT2D eigenvalue weighted by atomic mass is 10.2. The zero-order valence-electron chi connectivity index (χ0n) is 7.24. The first-order chi connectivity index (χ1) is 5.74. The van der Waals surface area contributed by atoms with Crippen molar-refractivity contribution in [1.29, 1.82) is 5.41 Å². The molecule has 64 valence electrons. The minimum absolute atomic E-state index is 0.397. The summed E-state index contributed by atoms with van der Waals surface area (Å²) in [4.78, 5) is 4.09. The largest absolute Gasteiger partial charge is 0.446 e. The zero-order valence-corrected chi connectivity index (χ0v) is 7.24. The quantitative estimate of drug-likeness (QED) is 0.686. The first kappa shape index (κ1) is 8.71. The highest BCUT2D eigenvalue weighted by Gasteiger charge is 1.99. The van der Waals surface area contributed by atoms with Gasteiger partial charge in [-0.25, -0.2) is 4.99 Å². The van der Waals surface area contributed by atoms with Crippen molar-refractivity contribution in [3.63, 3.8) is 0 Å². The van der Waals surface area contributed by atoms with E-state index in [1.54, 1.807) is 12.3 Å². The summed E-state index contributed by atoms with van der Waals surface area (Å²) in [7, 11) is 0. The fourth-order valence-corrected chi connectivity index (χ4v) is 0.743. The minimum atomic E-state index is 0.397. The maximum atomic E-state index is 7.03. The number of nitrogens with zero attached hydrogens (tertiary/aromatic N) is 1. The lowest BCUT2D eigenvalue weighted by Crippen LogP contribution is -1.85. The van der Waals surface area contributed by atoms with Gasteiger partial charge in [0.25, 0.3) is 0 Å². The van der Waals surface area contributed by atoms with E-state index in [1.165, 1.54) is 12.5 Å². The zero-order chi connectivity index (χ0) is 8.97.